The smallest absolute Gasteiger partial charge is 0.0193 e. The van der Waals surface area contributed by atoms with E-state index in [4.69, 9.17) is 0 Å². The molecule has 0 bridgehead atoms. The number of rotatable bonds is 4. The zero-order chi connectivity index (χ0) is 15.5. The zero-order valence-electron chi connectivity index (χ0n) is 13.3. The van der Waals surface area contributed by atoms with E-state index in [1.807, 2.05) is 0 Å². The molecule has 0 amide bonds. The summed E-state index contributed by atoms with van der Waals surface area (Å²) in [4.78, 5) is 0. The van der Waals surface area contributed by atoms with E-state index < -0.39 is 0 Å². The molecule has 0 spiro atoms. The van der Waals surface area contributed by atoms with Crippen molar-refractivity contribution in [3.8, 4) is 0 Å². The first kappa shape index (κ1) is 17.9. The molecule has 0 radical (unpaired) electrons. The third-order valence-corrected chi connectivity index (χ3v) is 4.54. The van der Waals surface area contributed by atoms with Crippen LogP contribution in [0.25, 0.3) is 0 Å². The largest absolute Gasteiger partial charge is 0.314 e. The molecule has 1 fully saturated rings. The molecule has 1 aromatic rings. The molecule has 1 unspecified atom stereocenters. The highest BCUT2D eigenvalue weighted by Gasteiger charge is 2.08. The van der Waals surface area contributed by atoms with Gasteiger partial charge in [-0.25, -0.2) is 0 Å². The van der Waals surface area contributed by atoms with E-state index in [9.17, 15) is 0 Å². The highest BCUT2D eigenvalue weighted by Crippen LogP contribution is 2.12. The van der Waals surface area contributed by atoms with Crippen molar-refractivity contribution < 1.29 is 0 Å². The summed E-state index contributed by atoms with van der Waals surface area (Å²) in [5.41, 5.74) is 1.43. The minimum Gasteiger partial charge on any atom is -0.314 e. The average Bonchev–Trinajstić information content (AvgIpc) is 2.51. The molecule has 1 saturated heterocycles. The number of hydrogen-bond acceptors (Lipinski definition) is 4. The predicted molar refractivity (Wildman–Crippen MR) is 97.5 cm³/mol. The Kier molecular flexibility index (Phi) is 9.05. The van der Waals surface area contributed by atoms with Crippen LogP contribution in [-0.4, -0.2) is 51.9 Å². The van der Waals surface area contributed by atoms with Crippen LogP contribution in [0.2, 0.25) is 0 Å². The van der Waals surface area contributed by atoms with Crippen LogP contribution < -0.4 is 21.3 Å². The number of benzene rings is 1. The van der Waals surface area contributed by atoms with Gasteiger partial charge in [0.05, 0.1) is 0 Å². The SMILES string of the molecule is Brc1ccc(CCCC2CNCCNCCNCCN2)cc1. The number of halogens is 1. The van der Waals surface area contributed by atoms with Crippen LogP contribution in [0.1, 0.15) is 18.4 Å². The van der Waals surface area contributed by atoms with Crippen molar-refractivity contribution in [3.05, 3.63) is 34.3 Å². The fourth-order valence-corrected chi connectivity index (χ4v) is 2.99. The number of aryl methyl sites for hydroxylation is 1. The van der Waals surface area contributed by atoms with E-state index in [0.717, 1.165) is 56.7 Å². The summed E-state index contributed by atoms with van der Waals surface area (Å²) in [7, 11) is 0. The van der Waals surface area contributed by atoms with Gasteiger partial charge in [-0.05, 0) is 37.0 Å². The minimum absolute atomic E-state index is 0.566. The van der Waals surface area contributed by atoms with Gasteiger partial charge in [0, 0.05) is 56.3 Å². The molecule has 5 heteroatoms. The Morgan fingerprint density at radius 3 is 2.23 bits per heavy atom. The third kappa shape index (κ3) is 7.70. The first-order valence-electron chi connectivity index (χ1n) is 8.44. The van der Waals surface area contributed by atoms with Crippen molar-refractivity contribution in [1.29, 1.82) is 0 Å². The predicted octanol–water partition coefficient (Wildman–Crippen LogP) is 1.51. The van der Waals surface area contributed by atoms with E-state index in [0.29, 0.717) is 6.04 Å². The topological polar surface area (TPSA) is 48.1 Å². The van der Waals surface area contributed by atoms with Gasteiger partial charge in [0.15, 0.2) is 0 Å². The van der Waals surface area contributed by atoms with Crippen LogP contribution in [0.15, 0.2) is 28.7 Å². The lowest BCUT2D eigenvalue weighted by atomic mass is 10.0. The van der Waals surface area contributed by atoms with Crippen molar-refractivity contribution >= 4 is 15.9 Å². The van der Waals surface area contributed by atoms with Gasteiger partial charge in [0.1, 0.15) is 0 Å². The highest BCUT2D eigenvalue weighted by molar-refractivity contribution is 9.10. The summed E-state index contributed by atoms with van der Waals surface area (Å²) in [5, 5.41) is 14.1. The first-order chi connectivity index (χ1) is 10.8. The van der Waals surface area contributed by atoms with Gasteiger partial charge in [-0.15, -0.1) is 0 Å². The Morgan fingerprint density at radius 2 is 1.50 bits per heavy atom. The van der Waals surface area contributed by atoms with Crippen LogP contribution in [0, 0.1) is 0 Å². The molecular formula is C17H29BrN4. The molecule has 1 aromatic carbocycles. The molecule has 0 aliphatic carbocycles. The molecule has 0 aromatic heterocycles. The summed E-state index contributed by atoms with van der Waals surface area (Å²) >= 11 is 3.49. The minimum atomic E-state index is 0.566. The van der Waals surface area contributed by atoms with Gasteiger partial charge in [-0.1, -0.05) is 28.1 Å². The molecule has 1 heterocycles. The quantitative estimate of drug-likeness (QED) is 0.650. The Hall–Kier alpha value is -0.460. The number of hydrogen-bond donors (Lipinski definition) is 4. The van der Waals surface area contributed by atoms with Crippen LogP contribution >= 0.6 is 15.9 Å². The molecule has 4 N–H and O–H groups in total. The van der Waals surface area contributed by atoms with E-state index in [2.05, 4.69) is 61.5 Å². The first-order valence-corrected chi connectivity index (χ1v) is 9.24. The Balaban J connectivity index is 1.69. The van der Waals surface area contributed by atoms with E-state index in [-0.39, 0.29) is 0 Å². The molecule has 22 heavy (non-hydrogen) atoms. The average molecular weight is 369 g/mol. The zero-order valence-corrected chi connectivity index (χ0v) is 14.9. The van der Waals surface area contributed by atoms with Crippen LogP contribution in [0.4, 0.5) is 0 Å². The van der Waals surface area contributed by atoms with Gasteiger partial charge < -0.3 is 21.3 Å². The molecule has 4 nitrogen and oxygen atoms in total. The summed E-state index contributed by atoms with van der Waals surface area (Å²) < 4.78 is 1.16. The lowest BCUT2D eigenvalue weighted by Crippen LogP contribution is -2.45. The van der Waals surface area contributed by atoms with E-state index in [1.165, 1.54) is 18.4 Å². The maximum Gasteiger partial charge on any atom is 0.0193 e. The normalized spacial score (nSPS) is 21.8. The molecule has 2 rings (SSSR count). The fourth-order valence-electron chi connectivity index (χ4n) is 2.72. The van der Waals surface area contributed by atoms with Gasteiger partial charge in [0.25, 0.3) is 0 Å². The summed E-state index contributed by atoms with van der Waals surface area (Å²) in [6.45, 7) is 7.35. The summed E-state index contributed by atoms with van der Waals surface area (Å²) in [5.74, 6) is 0. The highest BCUT2D eigenvalue weighted by atomic mass is 79.9. The lowest BCUT2D eigenvalue weighted by molar-refractivity contribution is 0.425. The standard InChI is InChI=1S/C17H29BrN4/c18-16-6-4-15(5-7-16)2-1-3-17-14-21-11-10-19-8-9-20-12-13-22-17/h4-7,17,19-22H,1-3,8-14H2. The molecule has 1 aliphatic rings. The molecule has 1 atom stereocenters. The summed E-state index contributed by atoms with van der Waals surface area (Å²) in [6, 6.07) is 9.25. The maximum absolute atomic E-state index is 3.68. The van der Waals surface area contributed by atoms with Crippen molar-refractivity contribution in [2.24, 2.45) is 0 Å². The van der Waals surface area contributed by atoms with Crippen molar-refractivity contribution in [1.82, 2.24) is 21.3 Å². The maximum atomic E-state index is 3.68. The van der Waals surface area contributed by atoms with Crippen LogP contribution in [0.3, 0.4) is 0 Å². The molecule has 1 aliphatic heterocycles. The molecule has 0 saturated carbocycles. The molecular weight excluding hydrogens is 340 g/mol. The molecule has 124 valence electrons. The van der Waals surface area contributed by atoms with Crippen molar-refractivity contribution in [2.75, 3.05) is 45.8 Å². The van der Waals surface area contributed by atoms with Crippen LogP contribution in [-0.2, 0) is 6.42 Å². The third-order valence-electron chi connectivity index (χ3n) is 4.01. The van der Waals surface area contributed by atoms with Crippen LogP contribution in [0.5, 0.6) is 0 Å². The van der Waals surface area contributed by atoms with Gasteiger partial charge in [-0.2, -0.15) is 0 Å². The van der Waals surface area contributed by atoms with Gasteiger partial charge in [0.2, 0.25) is 0 Å². The second-order valence-electron chi connectivity index (χ2n) is 5.87. The van der Waals surface area contributed by atoms with Gasteiger partial charge >= 0.3 is 0 Å². The Bertz CT molecular complexity index is 384. The second kappa shape index (κ2) is 11.1. The Labute approximate surface area is 143 Å². The number of nitrogens with one attached hydrogen (secondary N) is 4. The Morgan fingerprint density at radius 1 is 0.864 bits per heavy atom. The van der Waals surface area contributed by atoms with E-state index >= 15 is 0 Å². The summed E-state index contributed by atoms with van der Waals surface area (Å²) in [6.07, 6.45) is 3.61. The van der Waals surface area contributed by atoms with Crippen molar-refractivity contribution in [2.45, 2.75) is 25.3 Å². The monoisotopic (exact) mass is 368 g/mol. The van der Waals surface area contributed by atoms with E-state index in [1.54, 1.807) is 0 Å². The fraction of sp³-hybridized carbons (Fsp3) is 0.647. The second-order valence-corrected chi connectivity index (χ2v) is 6.79. The van der Waals surface area contributed by atoms with Crippen molar-refractivity contribution in [3.63, 3.8) is 0 Å². The lowest BCUT2D eigenvalue weighted by Gasteiger charge is -2.21. The van der Waals surface area contributed by atoms with Gasteiger partial charge in [-0.3, -0.25) is 0 Å².